The first-order valence-corrected chi connectivity index (χ1v) is 7.11. The van der Waals surface area contributed by atoms with Crippen LogP contribution < -0.4 is 11.1 Å². The van der Waals surface area contributed by atoms with E-state index in [0.717, 1.165) is 29.9 Å². The number of hydrogen-bond donors (Lipinski definition) is 2. The van der Waals surface area contributed by atoms with Gasteiger partial charge in [0.1, 0.15) is 6.04 Å². The lowest BCUT2D eigenvalue weighted by Gasteiger charge is -2.18. The first-order chi connectivity index (χ1) is 8.58. The van der Waals surface area contributed by atoms with E-state index in [9.17, 15) is 4.79 Å². The van der Waals surface area contributed by atoms with Crippen LogP contribution in [0.15, 0.2) is 6.07 Å². The molecule has 0 radical (unpaired) electrons. The van der Waals surface area contributed by atoms with Crippen molar-refractivity contribution in [3.05, 3.63) is 21.4 Å². The van der Waals surface area contributed by atoms with E-state index in [0.29, 0.717) is 6.54 Å². The monoisotopic (exact) mass is 268 g/mol. The van der Waals surface area contributed by atoms with Crippen LogP contribution >= 0.6 is 11.3 Å². The number of nitrogens with one attached hydrogen (secondary N) is 1. The van der Waals surface area contributed by atoms with Crippen molar-refractivity contribution in [2.24, 2.45) is 5.73 Å². The molecule has 3 N–H and O–H groups in total. The zero-order chi connectivity index (χ0) is 13.1. The molecule has 0 spiro atoms. The topological polar surface area (TPSA) is 64.3 Å². The van der Waals surface area contributed by atoms with Gasteiger partial charge in [-0.05, 0) is 38.3 Å². The lowest BCUT2D eigenvalue weighted by molar-refractivity contribution is -0.120. The summed E-state index contributed by atoms with van der Waals surface area (Å²) in [7, 11) is 0. The summed E-state index contributed by atoms with van der Waals surface area (Å²) in [6.07, 6.45) is 2.37. The van der Waals surface area contributed by atoms with Gasteiger partial charge in [-0.15, -0.1) is 11.3 Å². The van der Waals surface area contributed by atoms with Crippen LogP contribution in [0.4, 0.5) is 0 Å². The van der Waals surface area contributed by atoms with Gasteiger partial charge in [0.05, 0.1) is 6.10 Å². The zero-order valence-electron chi connectivity index (χ0n) is 10.9. The third-order valence-corrected chi connectivity index (χ3v) is 4.23. The van der Waals surface area contributed by atoms with Crippen LogP contribution in [0.1, 0.15) is 34.2 Å². The maximum Gasteiger partial charge on any atom is 0.239 e. The molecule has 1 fully saturated rings. The van der Waals surface area contributed by atoms with Crippen LogP contribution in [0, 0.1) is 13.8 Å². The first-order valence-electron chi connectivity index (χ1n) is 6.29. The zero-order valence-corrected chi connectivity index (χ0v) is 11.7. The van der Waals surface area contributed by atoms with E-state index < -0.39 is 6.04 Å². The number of hydrogen-bond acceptors (Lipinski definition) is 4. The Kier molecular flexibility index (Phi) is 4.37. The van der Waals surface area contributed by atoms with Crippen molar-refractivity contribution in [1.29, 1.82) is 0 Å². The molecule has 0 bridgehead atoms. The molecule has 4 nitrogen and oxygen atoms in total. The van der Waals surface area contributed by atoms with Crippen LogP contribution in [0.25, 0.3) is 0 Å². The number of thiophene rings is 1. The normalized spacial score (nSPS) is 21.1. The molecule has 2 rings (SSSR count). The van der Waals surface area contributed by atoms with E-state index in [2.05, 4.69) is 5.32 Å². The molecular formula is C13H20N2O2S. The summed E-state index contributed by atoms with van der Waals surface area (Å²) in [5.41, 5.74) is 6.50. The number of nitrogens with two attached hydrogens (primary N) is 1. The van der Waals surface area contributed by atoms with Gasteiger partial charge < -0.3 is 10.5 Å². The van der Waals surface area contributed by atoms with Crippen LogP contribution in [-0.2, 0) is 9.53 Å². The van der Waals surface area contributed by atoms with Gasteiger partial charge in [0.25, 0.3) is 0 Å². The van der Waals surface area contributed by atoms with E-state index in [1.807, 2.05) is 19.9 Å². The van der Waals surface area contributed by atoms with Crippen LogP contribution in [0.3, 0.4) is 0 Å². The number of carbonyl (C=O) groups is 1. The Morgan fingerprint density at radius 3 is 2.94 bits per heavy atom. The van der Waals surface area contributed by atoms with Crippen LogP contribution in [0.5, 0.6) is 0 Å². The van der Waals surface area contributed by atoms with Gasteiger partial charge in [-0.3, -0.25) is 10.1 Å². The minimum Gasteiger partial charge on any atom is -0.377 e. The minimum absolute atomic E-state index is 0.215. The minimum atomic E-state index is -0.404. The predicted molar refractivity (Wildman–Crippen MR) is 72.7 cm³/mol. The number of aryl methyl sites for hydroxylation is 2. The van der Waals surface area contributed by atoms with E-state index in [1.54, 1.807) is 11.3 Å². The molecule has 0 aromatic carbocycles. The Labute approximate surface area is 112 Å². The Balaban J connectivity index is 2.03. The lowest BCUT2D eigenvalue weighted by Crippen LogP contribution is -2.37. The molecular weight excluding hydrogens is 248 g/mol. The number of rotatable bonds is 5. The summed E-state index contributed by atoms with van der Waals surface area (Å²) in [6.45, 7) is 5.57. The van der Waals surface area contributed by atoms with Gasteiger partial charge in [0.2, 0.25) is 5.91 Å². The van der Waals surface area contributed by atoms with Crippen molar-refractivity contribution < 1.29 is 9.53 Å². The van der Waals surface area contributed by atoms with E-state index in [4.69, 9.17) is 10.5 Å². The summed E-state index contributed by atoms with van der Waals surface area (Å²) in [4.78, 5) is 13.9. The Bertz CT molecular complexity index is 425. The Hall–Kier alpha value is -0.910. The molecule has 1 aliphatic rings. The third kappa shape index (κ3) is 3.10. The van der Waals surface area contributed by atoms with Gasteiger partial charge in [-0.25, -0.2) is 0 Å². The summed E-state index contributed by atoms with van der Waals surface area (Å²) >= 11 is 1.69. The molecule has 1 aromatic rings. The SMILES string of the molecule is Cc1cc(C(NCC2CCCO2)C(N)=O)c(C)s1. The summed E-state index contributed by atoms with van der Waals surface area (Å²) in [5.74, 6) is -0.325. The summed E-state index contributed by atoms with van der Waals surface area (Å²) in [5, 5.41) is 3.24. The second-order valence-electron chi connectivity index (χ2n) is 4.75. The highest BCUT2D eigenvalue weighted by Crippen LogP contribution is 2.26. The molecule has 2 unspecified atom stereocenters. The standard InChI is InChI=1S/C13H20N2O2S/c1-8-6-11(9(2)18-8)12(13(14)16)15-7-10-4-3-5-17-10/h6,10,12,15H,3-5,7H2,1-2H3,(H2,14,16). The van der Waals surface area contributed by atoms with Crippen molar-refractivity contribution >= 4 is 17.2 Å². The van der Waals surface area contributed by atoms with Gasteiger partial charge in [-0.1, -0.05) is 0 Å². The Morgan fingerprint density at radius 2 is 2.44 bits per heavy atom. The molecule has 0 aliphatic carbocycles. The van der Waals surface area contributed by atoms with Crippen molar-refractivity contribution in [2.75, 3.05) is 13.2 Å². The fourth-order valence-corrected chi connectivity index (χ4v) is 3.32. The maximum atomic E-state index is 11.6. The van der Waals surface area contributed by atoms with E-state index >= 15 is 0 Å². The second-order valence-corrected chi connectivity index (χ2v) is 6.21. The highest BCUT2D eigenvalue weighted by atomic mass is 32.1. The number of amides is 1. The van der Waals surface area contributed by atoms with Crippen molar-refractivity contribution in [1.82, 2.24) is 5.32 Å². The summed E-state index contributed by atoms with van der Waals surface area (Å²) < 4.78 is 5.54. The average Bonchev–Trinajstić information content (AvgIpc) is 2.89. The molecule has 5 heteroatoms. The number of ether oxygens (including phenoxy) is 1. The van der Waals surface area contributed by atoms with Crippen molar-refractivity contribution in [2.45, 2.75) is 38.8 Å². The van der Waals surface area contributed by atoms with Crippen molar-refractivity contribution in [3.63, 3.8) is 0 Å². The second kappa shape index (κ2) is 5.82. The lowest BCUT2D eigenvalue weighted by atomic mass is 10.1. The van der Waals surface area contributed by atoms with Gasteiger partial charge >= 0.3 is 0 Å². The largest absolute Gasteiger partial charge is 0.377 e. The summed E-state index contributed by atoms with van der Waals surface area (Å²) in [6, 6.07) is 1.64. The fourth-order valence-electron chi connectivity index (χ4n) is 2.36. The average molecular weight is 268 g/mol. The Morgan fingerprint density at radius 1 is 1.67 bits per heavy atom. The number of carbonyl (C=O) groups excluding carboxylic acids is 1. The molecule has 1 aromatic heterocycles. The number of primary amides is 1. The molecule has 2 heterocycles. The molecule has 1 aliphatic heterocycles. The highest BCUT2D eigenvalue weighted by molar-refractivity contribution is 7.12. The van der Waals surface area contributed by atoms with E-state index in [-0.39, 0.29) is 12.0 Å². The predicted octanol–water partition coefficient (Wildman–Crippen LogP) is 1.66. The molecule has 18 heavy (non-hydrogen) atoms. The van der Waals surface area contributed by atoms with Crippen molar-refractivity contribution in [3.8, 4) is 0 Å². The fraction of sp³-hybridized carbons (Fsp3) is 0.615. The third-order valence-electron chi connectivity index (χ3n) is 3.25. The molecule has 1 amide bonds. The smallest absolute Gasteiger partial charge is 0.239 e. The van der Waals surface area contributed by atoms with Gasteiger partial charge in [0.15, 0.2) is 0 Å². The maximum absolute atomic E-state index is 11.6. The van der Waals surface area contributed by atoms with Crippen LogP contribution in [0.2, 0.25) is 0 Å². The van der Waals surface area contributed by atoms with Crippen LogP contribution in [-0.4, -0.2) is 25.2 Å². The highest BCUT2D eigenvalue weighted by Gasteiger charge is 2.23. The molecule has 1 saturated heterocycles. The first kappa shape index (κ1) is 13.5. The molecule has 100 valence electrons. The quantitative estimate of drug-likeness (QED) is 0.853. The van der Waals surface area contributed by atoms with E-state index in [1.165, 1.54) is 4.88 Å². The molecule has 0 saturated carbocycles. The van der Waals surface area contributed by atoms with Gasteiger partial charge in [0, 0.05) is 22.9 Å². The van der Waals surface area contributed by atoms with Gasteiger partial charge in [-0.2, -0.15) is 0 Å². The molecule has 2 atom stereocenters.